The molecule has 0 aliphatic heterocycles. The summed E-state index contributed by atoms with van der Waals surface area (Å²) in [7, 11) is 0. The SMILES string of the molecule is O=C(O)COCCNC(=O)c1c(F)cc(Br)cc1F. The van der Waals surface area contributed by atoms with E-state index in [1.165, 1.54) is 0 Å². The van der Waals surface area contributed by atoms with Crippen molar-refractivity contribution in [3.05, 3.63) is 33.8 Å². The van der Waals surface area contributed by atoms with Crippen LogP contribution in [0.4, 0.5) is 8.78 Å². The second-order valence-corrected chi connectivity index (χ2v) is 4.36. The summed E-state index contributed by atoms with van der Waals surface area (Å²) < 4.78 is 31.6. The van der Waals surface area contributed by atoms with E-state index in [2.05, 4.69) is 26.0 Å². The van der Waals surface area contributed by atoms with Gasteiger partial charge >= 0.3 is 5.97 Å². The summed E-state index contributed by atoms with van der Waals surface area (Å²) >= 11 is 2.90. The van der Waals surface area contributed by atoms with Crippen LogP contribution in [0.5, 0.6) is 0 Å². The molecule has 0 saturated carbocycles. The molecule has 0 aromatic heterocycles. The molecule has 104 valence electrons. The van der Waals surface area contributed by atoms with Gasteiger partial charge in [-0.25, -0.2) is 13.6 Å². The van der Waals surface area contributed by atoms with Gasteiger partial charge < -0.3 is 15.2 Å². The highest BCUT2D eigenvalue weighted by Crippen LogP contribution is 2.19. The molecule has 0 radical (unpaired) electrons. The van der Waals surface area contributed by atoms with Crippen molar-refractivity contribution in [3.8, 4) is 0 Å². The zero-order chi connectivity index (χ0) is 14.4. The van der Waals surface area contributed by atoms with Crippen LogP contribution in [0.3, 0.4) is 0 Å². The maximum Gasteiger partial charge on any atom is 0.329 e. The van der Waals surface area contributed by atoms with E-state index in [0.717, 1.165) is 12.1 Å². The number of carboxylic acids is 1. The molecule has 0 aliphatic carbocycles. The van der Waals surface area contributed by atoms with Crippen molar-refractivity contribution in [2.75, 3.05) is 19.8 Å². The summed E-state index contributed by atoms with van der Waals surface area (Å²) in [6.07, 6.45) is 0. The van der Waals surface area contributed by atoms with Crippen LogP contribution in [0.25, 0.3) is 0 Å². The Morgan fingerprint density at radius 1 is 1.32 bits per heavy atom. The van der Waals surface area contributed by atoms with Gasteiger partial charge in [0.2, 0.25) is 0 Å². The van der Waals surface area contributed by atoms with Crippen LogP contribution in [0, 0.1) is 11.6 Å². The molecule has 0 bridgehead atoms. The topological polar surface area (TPSA) is 75.6 Å². The highest BCUT2D eigenvalue weighted by Gasteiger charge is 2.17. The minimum Gasteiger partial charge on any atom is -0.480 e. The second-order valence-electron chi connectivity index (χ2n) is 3.45. The van der Waals surface area contributed by atoms with Crippen molar-refractivity contribution in [1.82, 2.24) is 5.32 Å². The van der Waals surface area contributed by atoms with E-state index in [4.69, 9.17) is 5.11 Å². The summed E-state index contributed by atoms with van der Waals surface area (Å²) in [5.74, 6) is -4.05. The average molecular weight is 338 g/mol. The lowest BCUT2D eigenvalue weighted by Crippen LogP contribution is -2.29. The summed E-state index contributed by atoms with van der Waals surface area (Å²) in [5.41, 5.74) is -0.693. The molecule has 0 heterocycles. The van der Waals surface area contributed by atoms with Gasteiger partial charge in [-0.2, -0.15) is 0 Å². The van der Waals surface area contributed by atoms with Gasteiger partial charge in [-0.3, -0.25) is 4.79 Å². The molecule has 1 amide bonds. The first-order valence-corrected chi connectivity index (χ1v) is 5.93. The summed E-state index contributed by atoms with van der Waals surface area (Å²) in [5, 5.41) is 10.5. The average Bonchev–Trinajstić information content (AvgIpc) is 2.26. The van der Waals surface area contributed by atoms with Crippen LogP contribution in [-0.4, -0.2) is 36.7 Å². The number of amides is 1. The molecule has 0 fully saturated rings. The molecule has 0 aliphatic rings. The summed E-state index contributed by atoms with van der Waals surface area (Å²) in [6.45, 7) is -0.629. The number of aliphatic carboxylic acids is 1. The van der Waals surface area contributed by atoms with Gasteiger partial charge in [0, 0.05) is 11.0 Å². The Kier molecular flexibility index (Phi) is 5.84. The minimum atomic E-state index is -1.14. The smallest absolute Gasteiger partial charge is 0.329 e. The van der Waals surface area contributed by atoms with E-state index in [0.29, 0.717) is 0 Å². The van der Waals surface area contributed by atoms with Crippen molar-refractivity contribution < 1.29 is 28.2 Å². The first kappa shape index (κ1) is 15.5. The Labute approximate surface area is 115 Å². The fourth-order valence-corrected chi connectivity index (χ4v) is 1.65. The third kappa shape index (κ3) is 4.92. The number of ether oxygens (including phenoxy) is 1. The maximum atomic E-state index is 13.4. The van der Waals surface area contributed by atoms with Gasteiger partial charge in [0.25, 0.3) is 5.91 Å². The van der Waals surface area contributed by atoms with Gasteiger partial charge in [-0.15, -0.1) is 0 Å². The maximum absolute atomic E-state index is 13.4. The lowest BCUT2D eigenvalue weighted by Gasteiger charge is -2.07. The molecule has 5 nitrogen and oxygen atoms in total. The first-order valence-electron chi connectivity index (χ1n) is 5.14. The zero-order valence-corrected chi connectivity index (χ0v) is 11.2. The number of nitrogens with one attached hydrogen (secondary N) is 1. The van der Waals surface area contributed by atoms with Crippen LogP contribution >= 0.6 is 15.9 Å². The Morgan fingerprint density at radius 2 is 1.89 bits per heavy atom. The molecule has 19 heavy (non-hydrogen) atoms. The number of carbonyl (C=O) groups is 2. The first-order chi connectivity index (χ1) is 8.91. The van der Waals surface area contributed by atoms with Gasteiger partial charge in [0.05, 0.1) is 6.61 Å². The van der Waals surface area contributed by atoms with E-state index >= 15 is 0 Å². The van der Waals surface area contributed by atoms with Gasteiger partial charge in [0.1, 0.15) is 23.8 Å². The summed E-state index contributed by atoms with van der Waals surface area (Å²) in [4.78, 5) is 21.6. The molecule has 1 rings (SSSR count). The highest BCUT2D eigenvalue weighted by atomic mass is 79.9. The fraction of sp³-hybridized carbons (Fsp3) is 0.273. The third-order valence-electron chi connectivity index (χ3n) is 1.99. The Hall–Kier alpha value is -1.54. The standard InChI is InChI=1S/C11H10BrF2NO4/c12-6-3-7(13)10(8(14)4-6)11(18)15-1-2-19-5-9(16)17/h3-4H,1-2,5H2,(H,15,18)(H,16,17). The predicted molar refractivity (Wildman–Crippen MR) is 64.8 cm³/mol. The number of carbonyl (C=O) groups excluding carboxylic acids is 1. The molecule has 2 N–H and O–H groups in total. The second kappa shape index (κ2) is 7.15. The third-order valence-corrected chi connectivity index (χ3v) is 2.45. The van der Waals surface area contributed by atoms with E-state index < -0.39 is 35.7 Å². The van der Waals surface area contributed by atoms with Gasteiger partial charge in [-0.1, -0.05) is 15.9 Å². The van der Waals surface area contributed by atoms with E-state index in [9.17, 15) is 18.4 Å². The molecule has 0 unspecified atom stereocenters. The van der Waals surface area contributed by atoms with Crippen molar-refractivity contribution in [2.45, 2.75) is 0 Å². The largest absolute Gasteiger partial charge is 0.480 e. The molecule has 1 aromatic rings. The Morgan fingerprint density at radius 3 is 2.42 bits per heavy atom. The van der Waals surface area contributed by atoms with Crippen molar-refractivity contribution in [3.63, 3.8) is 0 Å². The predicted octanol–water partition coefficient (Wildman–Crippen LogP) is 1.56. The van der Waals surface area contributed by atoms with E-state index in [1.807, 2.05) is 0 Å². The van der Waals surface area contributed by atoms with Crippen LogP contribution < -0.4 is 5.32 Å². The minimum absolute atomic E-state index is 0.0545. The summed E-state index contributed by atoms with van der Waals surface area (Å²) in [6, 6.07) is 1.94. The molecule has 0 atom stereocenters. The molecule has 8 heteroatoms. The number of benzene rings is 1. The van der Waals surface area contributed by atoms with Crippen LogP contribution in [-0.2, 0) is 9.53 Å². The molecule has 0 spiro atoms. The Balaban J connectivity index is 2.52. The number of hydrogen-bond acceptors (Lipinski definition) is 3. The van der Waals surface area contributed by atoms with Crippen LogP contribution in [0.2, 0.25) is 0 Å². The Bertz CT molecular complexity index is 473. The lowest BCUT2D eigenvalue weighted by atomic mass is 10.2. The van der Waals surface area contributed by atoms with Crippen molar-refractivity contribution in [2.24, 2.45) is 0 Å². The number of halogens is 3. The lowest BCUT2D eigenvalue weighted by molar-refractivity contribution is -0.142. The van der Waals surface area contributed by atoms with E-state index in [1.54, 1.807) is 0 Å². The molecule has 0 saturated heterocycles. The van der Waals surface area contributed by atoms with E-state index in [-0.39, 0.29) is 17.6 Å². The van der Waals surface area contributed by atoms with Crippen molar-refractivity contribution in [1.29, 1.82) is 0 Å². The number of carboxylic acid groups (broad SMARTS) is 1. The number of rotatable bonds is 6. The molecular formula is C11H10BrF2NO4. The molecular weight excluding hydrogens is 328 g/mol. The number of hydrogen-bond donors (Lipinski definition) is 2. The van der Waals surface area contributed by atoms with Gasteiger partial charge in [-0.05, 0) is 12.1 Å². The molecule has 1 aromatic carbocycles. The monoisotopic (exact) mass is 337 g/mol. The van der Waals surface area contributed by atoms with Crippen LogP contribution in [0.15, 0.2) is 16.6 Å². The quantitative estimate of drug-likeness (QED) is 0.772. The van der Waals surface area contributed by atoms with Crippen molar-refractivity contribution >= 4 is 27.8 Å². The van der Waals surface area contributed by atoms with Gasteiger partial charge in [0.15, 0.2) is 0 Å². The zero-order valence-electron chi connectivity index (χ0n) is 9.58. The normalized spacial score (nSPS) is 10.3. The highest BCUT2D eigenvalue weighted by molar-refractivity contribution is 9.10. The fourth-order valence-electron chi connectivity index (χ4n) is 1.24. The van der Waals surface area contributed by atoms with Crippen LogP contribution in [0.1, 0.15) is 10.4 Å².